The first-order valence-corrected chi connectivity index (χ1v) is 4.98. The fourth-order valence-corrected chi connectivity index (χ4v) is 1.07. The van der Waals surface area contributed by atoms with Crippen LogP contribution in [0, 0.1) is 0 Å². The SMILES string of the molecule is CCOCCCNCc1ncccn1. The van der Waals surface area contributed by atoms with Crippen molar-refractivity contribution < 1.29 is 4.74 Å². The minimum atomic E-state index is 0.729. The van der Waals surface area contributed by atoms with Crippen molar-refractivity contribution in [2.24, 2.45) is 0 Å². The highest BCUT2D eigenvalue weighted by Gasteiger charge is 1.92. The minimum Gasteiger partial charge on any atom is -0.382 e. The van der Waals surface area contributed by atoms with E-state index < -0.39 is 0 Å². The molecule has 1 N–H and O–H groups in total. The van der Waals surface area contributed by atoms with Crippen LogP contribution in [0.15, 0.2) is 18.5 Å². The van der Waals surface area contributed by atoms with Crippen LogP contribution in [-0.4, -0.2) is 29.7 Å². The molecule has 1 aromatic rings. The van der Waals surface area contributed by atoms with Gasteiger partial charge in [0.25, 0.3) is 0 Å². The molecule has 0 unspecified atom stereocenters. The molecule has 0 aliphatic carbocycles. The zero-order valence-corrected chi connectivity index (χ0v) is 8.57. The smallest absolute Gasteiger partial charge is 0.141 e. The molecule has 0 aliphatic heterocycles. The van der Waals surface area contributed by atoms with E-state index in [4.69, 9.17) is 4.74 Å². The third-order valence-corrected chi connectivity index (χ3v) is 1.75. The summed E-state index contributed by atoms with van der Waals surface area (Å²) in [5.41, 5.74) is 0. The first-order valence-electron chi connectivity index (χ1n) is 4.98. The lowest BCUT2D eigenvalue weighted by Crippen LogP contribution is -2.17. The lowest BCUT2D eigenvalue weighted by Gasteiger charge is -2.03. The van der Waals surface area contributed by atoms with Crippen LogP contribution in [0.25, 0.3) is 0 Å². The zero-order chi connectivity index (χ0) is 10.1. The summed E-state index contributed by atoms with van der Waals surface area (Å²) in [6.45, 7) is 5.29. The van der Waals surface area contributed by atoms with Crippen molar-refractivity contribution in [2.75, 3.05) is 19.8 Å². The van der Waals surface area contributed by atoms with E-state index in [0.717, 1.165) is 38.5 Å². The van der Waals surface area contributed by atoms with Crippen molar-refractivity contribution in [3.05, 3.63) is 24.3 Å². The number of hydrogen-bond acceptors (Lipinski definition) is 4. The molecular weight excluding hydrogens is 178 g/mol. The predicted molar refractivity (Wildman–Crippen MR) is 54.8 cm³/mol. The third-order valence-electron chi connectivity index (χ3n) is 1.75. The molecule has 0 radical (unpaired) electrons. The van der Waals surface area contributed by atoms with E-state index in [1.807, 2.05) is 13.0 Å². The molecule has 0 saturated heterocycles. The van der Waals surface area contributed by atoms with E-state index in [-0.39, 0.29) is 0 Å². The highest BCUT2D eigenvalue weighted by atomic mass is 16.5. The molecule has 4 nitrogen and oxygen atoms in total. The Hall–Kier alpha value is -1.00. The Balaban J connectivity index is 1.99. The van der Waals surface area contributed by atoms with Gasteiger partial charge in [-0.3, -0.25) is 0 Å². The Labute approximate surface area is 84.7 Å². The number of nitrogens with zero attached hydrogens (tertiary/aromatic N) is 2. The van der Waals surface area contributed by atoms with Gasteiger partial charge in [-0.25, -0.2) is 9.97 Å². The molecule has 14 heavy (non-hydrogen) atoms. The van der Waals surface area contributed by atoms with Crippen LogP contribution < -0.4 is 5.32 Å². The molecule has 0 aromatic carbocycles. The molecule has 0 saturated carbocycles. The Bertz CT molecular complexity index is 228. The second-order valence-corrected chi connectivity index (χ2v) is 2.89. The highest BCUT2D eigenvalue weighted by Crippen LogP contribution is 1.86. The van der Waals surface area contributed by atoms with Gasteiger partial charge in [-0.1, -0.05) is 0 Å². The fraction of sp³-hybridized carbons (Fsp3) is 0.600. The molecule has 1 rings (SSSR count). The minimum absolute atomic E-state index is 0.729. The maximum atomic E-state index is 5.21. The molecule has 0 spiro atoms. The van der Waals surface area contributed by atoms with Gasteiger partial charge < -0.3 is 10.1 Å². The molecule has 4 heteroatoms. The summed E-state index contributed by atoms with van der Waals surface area (Å²) in [7, 11) is 0. The number of rotatable bonds is 7. The molecule has 0 aliphatic rings. The van der Waals surface area contributed by atoms with Gasteiger partial charge in [0, 0.05) is 25.6 Å². The van der Waals surface area contributed by atoms with E-state index >= 15 is 0 Å². The molecule has 0 bridgehead atoms. The van der Waals surface area contributed by atoms with Crippen LogP contribution in [0.5, 0.6) is 0 Å². The first-order chi connectivity index (χ1) is 6.93. The standard InChI is InChI=1S/C10H17N3O/c1-2-14-8-4-5-11-9-10-12-6-3-7-13-10/h3,6-7,11H,2,4-5,8-9H2,1H3. The average Bonchev–Trinajstić information content (AvgIpc) is 2.25. The van der Waals surface area contributed by atoms with Crippen molar-refractivity contribution in [3.8, 4) is 0 Å². The Morgan fingerprint density at radius 1 is 1.36 bits per heavy atom. The van der Waals surface area contributed by atoms with E-state index in [1.54, 1.807) is 12.4 Å². The van der Waals surface area contributed by atoms with Crippen LogP contribution in [0.2, 0.25) is 0 Å². The van der Waals surface area contributed by atoms with E-state index in [1.165, 1.54) is 0 Å². The maximum absolute atomic E-state index is 5.21. The summed E-state index contributed by atoms with van der Waals surface area (Å²) in [6, 6.07) is 1.82. The summed E-state index contributed by atoms with van der Waals surface area (Å²) >= 11 is 0. The van der Waals surface area contributed by atoms with Gasteiger partial charge in [0.2, 0.25) is 0 Å². The molecule has 0 amide bonds. The van der Waals surface area contributed by atoms with Crippen molar-refractivity contribution in [2.45, 2.75) is 19.9 Å². The second kappa shape index (κ2) is 7.41. The number of nitrogens with one attached hydrogen (secondary N) is 1. The summed E-state index contributed by atoms with van der Waals surface area (Å²) in [6.07, 6.45) is 4.54. The summed E-state index contributed by atoms with van der Waals surface area (Å²) in [5.74, 6) is 0.837. The van der Waals surface area contributed by atoms with Crippen LogP contribution in [0.1, 0.15) is 19.2 Å². The predicted octanol–water partition coefficient (Wildman–Crippen LogP) is 0.993. The lowest BCUT2D eigenvalue weighted by molar-refractivity contribution is 0.144. The van der Waals surface area contributed by atoms with Gasteiger partial charge in [0.1, 0.15) is 5.82 Å². The normalized spacial score (nSPS) is 10.4. The first kappa shape index (κ1) is 11.1. The van der Waals surface area contributed by atoms with E-state index in [9.17, 15) is 0 Å². The monoisotopic (exact) mass is 195 g/mol. The molecule has 1 heterocycles. The molecule has 0 atom stereocenters. The van der Waals surface area contributed by atoms with Crippen molar-refractivity contribution >= 4 is 0 Å². The van der Waals surface area contributed by atoms with Gasteiger partial charge in [0.05, 0.1) is 6.54 Å². The molecule has 1 aromatic heterocycles. The summed E-state index contributed by atoms with van der Waals surface area (Å²) in [4.78, 5) is 8.22. The van der Waals surface area contributed by atoms with E-state index in [2.05, 4.69) is 15.3 Å². The van der Waals surface area contributed by atoms with Gasteiger partial charge in [-0.2, -0.15) is 0 Å². The topological polar surface area (TPSA) is 47.0 Å². The van der Waals surface area contributed by atoms with Crippen molar-refractivity contribution in [1.82, 2.24) is 15.3 Å². The fourth-order valence-electron chi connectivity index (χ4n) is 1.07. The quantitative estimate of drug-likeness (QED) is 0.659. The number of ether oxygens (including phenoxy) is 1. The highest BCUT2D eigenvalue weighted by molar-refractivity contribution is 4.87. The second-order valence-electron chi connectivity index (χ2n) is 2.89. The summed E-state index contributed by atoms with van der Waals surface area (Å²) in [5, 5.41) is 3.26. The van der Waals surface area contributed by atoms with Crippen LogP contribution >= 0.6 is 0 Å². The number of hydrogen-bond donors (Lipinski definition) is 1. The van der Waals surface area contributed by atoms with Gasteiger partial charge in [0.15, 0.2) is 0 Å². The van der Waals surface area contributed by atoms with Gasteiger partial charge in [-0.05, 0) is 26.0 Å². The van der Waals surface area contributed by atoms with Gasteiger partial charge >= 0.3 is 0 Å². The molecule has 0 fully saturated rings. The lowest BCUT2D eigenvalue weighted by atomic mass is 10.4. The van der Waals surface area contributed by atoms with E-state index in [0.29, 0.717) is 0 Å². The van der Waals surface area contributed by atoms with Crippen LogP contribution in [0.4, 0.5) is 0 Å². The van der Waals surface area contributed by atoms with Crippen molar-refractivity contribution in [3.63, 3.8) is 0 Å². The molecular formula is C10H17N3O. The number of aromatic nitrogens is 2. The third kappa shape index (κ3) is 4.89. The van der Waals surface area contributed by atoms with Gasteiger partial charge in [-0.15, -0.1) is 0 Å². The molecule has 78 valence electrons. The Kier molecular flexibility index (Phi) is 5.86. The Morgan fingerprint density at radius 2 is 2.14 bits per heavy atom. The summed E-state index contributed by atoms with van der Waals surface area (Å²) < 4.78 is 5.21. The van der Waals surface area contributed by atoms with Crippen LogP contribution in [0.3, 0.4) is 0 Å². The zero-order valence-electron chi connectivity index (χ0n) is 8.57. The average molecular weight is 195 g/mol. The maximum Gasteiger partial charge on any atom is 0.141 e. The Morgan fingerprint density at radius 3 is 2.86 bits per heavy atom. The van der Waals surface area contributed by atoms with Crippen LogP contribution in [-0.2, 0) is 11.3 Å². The van der Waals surface area contributed by atoms with Crippen molar-refractivity contribution in [1.29, 1.82) is 0 Å². The largest absolute Gasteiger partial charge is 0.382 e.